The molecule has 0 bridgehead atoms. The Morgan fingerprint density at radius 3 is 2.59 bits per heavy atom. The molecular formula is C30H36N6O3. The maximum Gasteiger partial charge on any atom is 0.257 e. The van der Waals surface area contributed by atoms with Crippen LogP contribution in [0.3, 0.4) is 0 Å². The van der Waals surface area contributed by atoms with Crippen molar-refractivity contribution in [3.8, 4) is 6.07 Å². The first kappa shape index (κ1) is 26.9. The number of imidazole rings is 1. The number of amides is 2. The van der Waals surface area contributed by atoms with Gasteiger partial charge < -0.3 is 19.5 Å². The number of fused-ring (bicyclic) bond motifs is 1. The standard InChI is InChI=1S/C30H36N6O3/c1-34(28(38)17-21-5-2-3-6-21)24-11-12-27-26(18-24)32-30(33-29(39)23-9-7-22(19-31)8-10-23)36(27)15-4-14-35-16-13-25(37)20-35/h7-12,18,21,25,37H,2-6,13-17,20H2,1H3,(H,32,33,39). The van der Waals surface area contributed by atoms with Crippen molar-refractivity contribution in [3.63, 3.8) is 0 Å². The molecule has 39 heavy (non-hydrogen) atoms. The predicted molar refractivity (Wildman–Crippen MR) is 151 cm³/mol. The molecule has 2 aromatic carbocycles. The molecule has 2 amide bonds. The molecule has 9 heteroatoms. The van der Waals surface area contributed by atoms with Crippen molar-refractivity contribution in [1.82, 2.24) is 14.5 Å². The number of likely N-dealkylation sites (tertiary alicyclic amines) is 1. The number of carbonyl (C=O) groups excluding carboxylic acids is 2. The van der Waals surface area contributed by atoms with Crippen LogP contribution in [0.4, 0.5) is 11.6 Å². The average molecular weight is 529 g/mol. The number of aliphatic hydroxyl groups is 1. The van der Waals surface area contributed by atoms with Crippen LogP contribution >= 0.6 is 0 Å². The summed E-state index contributed by atoms with van der Waals surface area (Å²) >= 11 is 0. The molecule has 1 atom stereocenters. The van der Waals surface area contributed by atoms with Crippen molar-refractivity contribution in [3.05, 3.63) is 53.6 Å². The van der Waals surface area contributed by atoms with Gasteiger partial charge in [0.15, 0.2) is 0 Å². The topological polar surface area (TPSA) is 114 Å². The van der Waals surface area contributed by atoms with E-state index in [1.54, 1.807) is 29.2 Å². The van der Waals surface area contributed by atoms with Crippen LogP contribution < -0.4 is 10.2 Å². The lowest BCUT2D eigenvalue weighted by atomic mass is 10.0. The highest BCUT2D eigenvalue weighted by Crippen LogP contribution is 2.30. The fourth-order valence-electron chi connectivity index (χ4n) is 5.73. The van der Waals surface area contributed by atoms with Crippen LogP contribution in [0.2, 0.25) is 0 Å². The van der Waals surface area contributed by atoms with Gasteiger partial charge in [-0.3, -0.25) is 14.9 Å². The highest BCUT2D eigenvalue weighted by Gasteiger charge is 2.23. The molecule has 0 spiro atoms. The van der Waals surface area contributed by atoms with Crippen LogP contribution in [0.15, 0.2) is 42.5 Å². The maximum atomic E-state index is 13.1. The first-order valence-corrected chi connectivity index (χ1v) is 13.9. The van der Waals surface area contributed by atoms with Gasteiger partial charge in [0.2, 0.25) is 11.9 Å². The summed E-state index contributed by atoms with van der Waals surface area (Å²) in [5.41, 5.74) is 3.31. The van der Waals surface area contributed by atoms with Crippen molar-refractivity contribution >= 4 is 34.5 Å². The van der Waals surface area contributed by atoms with Gasteiger partial charge in [0, 0.05) is 44.4 Å². The molecule has 9 nitrogen and oxygen atoms in total. The largest absolute Gasteiger partial charge is 0.392 e. The van der Waals surface area contributed by atoms with E-state index in [0.717, 1.165) is 50.0 Å². The summed E-state index contributed by atoms with van der Waals surface area (Å²) in [7, 11) is 1.81. The van der Waals surface area contributed by atoms with E-state index in [4.69, 9.17) is 10.2 Å². The third kappa shape index (κ3) is 6.29. The van der Waals surface area contributed by atoms with Crippen LogP contribution in [-0.2, 0) is 11.3 Å². The Balaban J connectivity index is 1.37. The number of nitriles is 1. The number of hydrogen-bond acceptors (Lipinski definition) is 6. The van der Waals surface area contributed by atoms with Crippen LogP contribution in [-0.4, -0.2) is 64.2 Å². The molecule has 1 saturated carbocycles. The second-order valence-electron chi connectivity index (χ2n) is 10.8. The van der Waals surface area contributed by atoms with Gasteiger partial charge in [-0.1, -0.05) is 12.8 Å². The number of hydrogen-bond donors (Lipinski definition) is 2. The third-order valence-corrected chi connectivity index (χ3v) is 8.04. The summed E-state index contributed by atoms with van der Waals surface area (Å²) in [6, 6.07) is 14.4. The van der Waals surface area contributed by atoms with Crippen LogP contribution in [0.25, 0.3) is 11.0 Å². The predicted octanol–water partition coefficient (Wildman–Crippen LogP) is 4.16. The van der Waals surface area contributed by atoms with Crippen molar-refractivity contribution in [2.24, 2.45) is 5.92 Å². The molecule has 2 fully saturated rings. The first-order valence-electron chi connectivity index (χ1n) is 13.9. The molecule has 3 aromatic rings. The Labute approximate surface area is 229 Å². The van der Waals surface area contributed by atoms with Gasteiger partial charge in [-0.2, -0.15) is 5.26 Å². The van der Waals surface area contributed by atoms with Crippen LogP contribution in [0.1, 0.15) is 60.9 Å². The molecule has 0 radical (unpaired) electrons. The molecule has 2 aliphatic rings. The second-order valence-corrected chi connectivity index (χ2v) is 10.8. The van der Waals surface area contributed by atoms with E-state index in [1.165, 1.54) is 12.8 Å². The summed E-state index contributed by atoms with van der Waals surface area (Å²) < 4.78 is 2.01. The summed E-state index contributed by atoms with van der Waals surface area (Å²) in [4.78, 5) is 34.7. The number of rotatable bonds is 9. The van der Waals surface area contributed by atoms with E-state index in [0.29, 0.717) is 48.0 Å². The Hall–Kier alpha value is -3.74. The summed E-state index contributed by atoms with van der Waals surface area (Å²) in [5, 5.41) is 21.9. The third-order valence-electron chi connectivity index (χ3n) is 8.04. The minimum absolute atomic E-state index is 0.114. The maximum absolute atomic E-state index is 13.1. The quantitative estimate of drug-likeness (QED) is 0.431. The highest BCUT2D eigenvalue weighted by atomic mass is 16.3. The number of anilines is 2. The van der Waals surface area contributed by atoms with Gasteiger partial charge in [-0.15, -0.1) is 0 Å². The lowest BCUT2D eigenvalue weighted by Crippen LogP contribution is -2.27. The second kappa shape index (κ2) is 12.0. The fourth-order valence-corrected chi connectivity index (χ4v) is 5.73. The van der Waals surface area contributed by atoms with Gasteiger partial charge in [0.1, 0.15) is 0 Å². The average Bonchev–Trinajstić information content (AvgIpc) is 3.69. The first-order chi connectivity index (χ1) is 18.9. The Bertz CT molecular complexity index is 1370. The van der Waals surface area contributed by atoms with Crippen molar-refractivity contribution < 1.29 is 14.7 Å². The lowest BCUT2D eigenvalue weighted by Gasteiger charge is -2.19. The lowest BCUT2D eigenvalue weighted by molar-refractivity contribution is -0.119. The number of benzene rings is 2. The van der Waals surface area contributed by atoms with Gasteiger partial charge in [0.05, 0.1) is 28.8 Å². The molecule has 1 aliphatic heterocycles. The van der Waals surface area contributed by atoms with Gasteiger partial charge in [-0.05, 0) is 80.6 Å². The molecule has 1 aromatic heterocycles. The smallest absolute Gasteiger partial charge is 0.257 e. The Kier molecular flexibility index (Phi) is 8.24. The Morgan fingerprint density at radius 2 is 1.90 bits per heavy atom. The van der Waals surface area contributed by atoms with Crippen LogP contribution in [0, 0.1) is 17.2 Å². The van der Waals surface area contributed by atoms with E-state index >= 15 is 0 Å². The SMILES string of the molecule is CN(C(=O)CC1CCCC1)c1ccc2c(c1)nc(NC(=O)c1ccc(C#N)cc1)n2CCCN1CCC(O)C1. The normalized spacial score (nSPS) is 17.9. The molecule has 2 heterocycles. The number of aryl methyl sites for hydroxylation is 1. The fraction of sp³-hybridized carbons (Fsp3) is 0.467. The number of nitrogens with zero attached hydrogens (tertiary/aromatic N) is 5. The van der Waals surface area contributed by atoms with Gasteiger partial charge in [-0.25, -0.2) is 4.98 Å². The zero-order valence-electron chi connectivity index (χ0n) is 22.5. The van der Waals surface area contributed by atoms with Crippen molar-refractivity contribution in [1.29, 1.82) is 5.26 Å². The van der Waals surface area contributed by atoms with Gasteiger partial charge >= 0.3 is 0 Å². The summed E-state index contributed by atoms with van der Waals surface area (Å²) in [5.74, 6) is 0.729. The summed E-state index contributed by atoms with van der Waals surface area (Å²) in [6.45, 7) is 3.06. The molecule has 1 aliphatic carbocycles. The van der Waals surface area contributed by atoms with E-state index in [1.807, 2.05) is 29.8 Å². The molecule has 1 unspecified atom stereocenters. The number of β-amino-alcohol motifs (C(OH)–C–C–N with tert-alkyl or cyclic N) is 1. The minimum atomic E-state index is -0.303. The van der Waals surface area contributed by atoms with E-state index in [9.17, 15) is 14.7 Å². The number of nitrogens with one attached hydrogen (secondary N) is 1. The number of aromatic nitrogens is 2. The van der Waals surface area contributed by atoms with E-state index < -0.39 is 0 Å². The highest BCUT2D eigenvalue weighted by molar-refractivity contribution is 6.04. The van der Waals surface area contributed by atoms with Crippen molar-refractivity contribution in [2.75, 3.05) is 36.9 Å². The number of aliphatic hydroxyl groups excluding tert-OH is 1. The van der Waals surface area contributed by atoms with E-state index in [-0.39, 0.29) is 17.9 Å². The molecular weight excluding hydrogens is 492 g/mol. The van der Waals surface area contributed by atoms with Crippen molar-refractivity contribution in [2.45, 2.75) is 57.6 Å². The van der Waals surface area contributed by atoms with E-state index in [2.05, 4.69) is 16.3 Å². The number of carbonyl (C=O) groups is 2. The monoisotopic (exact) mass is 528 g/mol. The summed E-state index contributed by atoms with van der Waals surface area (Å²) in [6.07, 6.45) is 6.62. The molecule has 5 rings (SSSR count). The molecule has 2 N–H and O–H groups in total. The zero-order chi connectivity index (χ0) is 27.4. The van der Waals surface area contributed by atoms with Gasteiger partial charge in [0.25, 0.3) is 5.91 Å². The zero-order valence-corrected chi connectivity index (χ0v) is 22.5. The Morgan fingerprint density at radius 1 is 1.13 bits per heavy atom. The molecule has 204 valence electrons. The van der Waals surface area contributed by atoms with Crippen LogP contribution in [0.5, 0.6) is 0 Å². The molecule has 1 saturated heterocycles. The minimum Gasteiger partial charge on any atom is -0.392 e.